The number of likely N-dealkylation sites (N-methyl/N-ethyl adjacent to an activating group) is 1. The molecule has 0 aromatic heterocycles. The Morgan fingerprint density at radius 1 is 1.32 bits per heavy atom. The number of rotatable bonds is 3. The number of hydrogen-bond acceptors (Lipinski definition) is 3. The van der Waals surface area contributed by atoms with E-state index in [1.165, 1.54) is 16.8 Å². The zero-order valence-electron chi connectivity index (χ0n) is 12.9. The van der Waals surface area contributed by atoms with Crippen molar-refractivity contribution in [2.75, 3.05) is 38.6 Å². The van der Waals surface area contributed by atoms with Crippen molar-refractivity contribution in [1.29, 1.82) is 0 Å². The summed E-state index contributed by atoms with van der Waals surface area (Å²) in [5.74, 6) is 0. The van der Waals surface area contributed by atoms with Gasteiger partial charge in [-0.25, -0.2) is 0 Å². The minimum Gasteiger partial charge on any atom is -0.366 e. The van der Waals surface area contributed by atoms with Gasteiger partial charge in [0.15, 0.2) is 0 Å². The van der Waals surface area contributed by atoms with Gasteiger partial charge in [-0.3, -0.25) is 0 Å². The molecule has 19 heavy (non-hydrogen) atoms. The molecule has 1 N–H and O–H groups in total. The van der Waals surface area contributed by atoms with E-state index in [2.05, 4.69) is 68.2 Å². The Kier molecular flexibility index (Phi) is 4.48. The molecule has 3 nitrogen and oxygen atoms in total. The van der Waals surface area contributed by atoms with Gasteiger partial charge in [0.05, 0.1) is 0 Å². The van der Waals surface area contributed by atoms with E-state index < -0.39 is 0 Å². The maximum absolute atomic E-state index is 3.65. The first-order valence-corrected chi connectivity index (χ1v) is 7.19. The zero-order chi connectivity index (χ0) is 14.0. The molecule has 1 fully saturated rings. The van der Waals surface area contributed by atoms with Gasteiger partial charge in [0.2, 0.25) is 0 Å². The van der Waals surface area contributed by atoms with Crippen molar-refractivity contribution in [3.05, 3.63) is 29.3 Å². The summed E-state index contributed by atoms with van der Waals surface area (Å²) in [4.78, 5) is 4.81. The summed E-state index contributed by atoms with van der Waals surface area (Å²) < 4.78 is 0. The number of nitrogens with one attached hydrogen (secondary N) is 1. The molecule has 0 amide bonds. The highest BCUT2D eigenvalue weighted by atomic mass is 15.2. The number of aryl methyl sites for hydroxylation is 2. The third-order valence-electron chi connectivity index (χ3n) is 3.90. The second-order valence-corrected chi connectivity index (χ2v) is 6.16. The summed E-state index contributed by atoms with van der Waals surface area (Å²) in [6.45, 7) is 9.92. The monoisotopic (exact) mass is 261 g/mol. The van der Waals surface area contributed by atoms with Gasteiger partial charge in [-0.15, -0.1) is 0 Å². The maximum Gasteiger partial charge on any atom is 0.0399 e. The highest BCUT2D eigenvalue weighted by molar-refractivity contribution is 5.55. The van der Waals surface area contributed by atoms with Crippen molar-refractivity contribution in [1.82, 2.24) is 10.2 Å². The SMILES string of the molecule is Cc1ccc(N2CC(CN(C)C)NCC2C)c(C)c1. The normalized spacial score (nSPS) is 24.0. The molecule has 1 aliphatic heterocycles. The van der Waals surface area contributed by atoms with Crippen LogP contribution >= 0.6 is 0 Å². The Morgan fingerprint density at radius 2 is 2.05 bits per heavy atom. The van der Waals surface area contributed by atoms with Crippen molar-refractivity contribution in [2.45, 2.75) is 32.9 Å². The molecule has 2 unspecified atom stereocenters. The van der Waals surface area contributed by atoms with Gasteiger partial charge >= 0.3 is 0 Å². The van der Waals surface area contributed by atoms with E-state index in [0.29, 0.717) is 12.1 Å². The van der Waals surface area contributed by atoms with Crippen LogP contribution in [0.1, 0.15) is 18.1 Å². The molecule has 1 aromatic rings. The van der Waals surface area contributed by atoms with E-state index in [4.69, 9.17) is 0 Å². The van der Waals surface area contributed by atoms with E-state index in [1.54, 1.807) is 0 Å². The molecule has 2 atom stereocenters. The number of nitrogens with zero attached hydrogens (tertiary/aromatic N) is 2. The summed E-state index contributed by atoms with van der Waals surface area (Å²) in [7, 11) is 4.28. The fraction of sp³-hybridized carbons (Fsp3) is 0.625. The second-order valence-electron chi connectivity index (χ2n) is 6.16. The van der Waals surface area contributed by atoms with Gasteiger partial charge in [-0.2, -0.15) is 0 Å². The lowest BCUT2D eigenvalue weighted by atomic mass is 10.0. The van der Waals surface area contributed by atoms with Gasteiger partial charge < -0.3 is 15.1 Å². The van der Waals surface area contributed by atoms with E-state index >= 15 is 0 Å². The third-order valence-corrected chi connectivity index (χ3v) is 3.90. The minimum absolute atomic E-state index is 0.548. The van der Waals surface area contributed by atoms with Crippen LogP contribution in [0.3, 0.4) is 0 Å². The zero-order valence-corrected chi connectivity index (χ0v) is 12.9. The Balaban J connectivity index is 2.16. The molecule has 1 aliphatic rings. The maximum atomic E-state index is 3.65. The fourth-order valence-electron chi connectivity index (χ4n) is 2.96. The molecular weight excluding hydrogens is 234 g/mol. The summed E-state index contributed by atoms with van der Waals surface area (Å²) in [5, 5.41) is 3.65. The Morgan fingerprint density at radius 3 is 2.68 bits per heavy atom. The summed E-state index contributed by atoms with van der Waals surface area (Å²) >= 11 is 0. The third kappa shape index (κ3) is 3.48. The molecule has 106 valence electrons. The average molecular weight is 261 g/mol. The van der Waals surface area contributed by atoms with Crippen molar-refractivity contribution in [3.8, 4) is 0 Å². The highest BCUT2D eigenvalue weighted by Crippen LogP contribution is 2.24. The van der Waals surface area contributed by atoms with Crippen molar-refractivity contribution in [3.63, 3.8) is 0 Å². The molecule has 0 bridgehead atoms. The van der Waals surface area contributed by atoms with Crippen LogP contribution in [0.15, 0.2) is 18.2 Å². The first-order chi connectivity index (χ1) is 8.97. The topological polar surface area (TPSA) is 18.5 Å². The van der Waals surface area contributed by atoms with Crippen LogP contribution in [-0.4, -0.2) is 50.7 Å². The standard InChI is InChI=1S/C16H27N3/c1-12-6-7-16(13(2)8-12)19-11-15(10-18(4)5)17-9-14(19)3/h6-8,14-15,17H,9-11H2,1-5H3. The van der Waals surface area contributed by atoms with Gasteiger partial charge in [-0.05, 0) is 46.5 Å². The van der Waals surface area contributed by atoms with Crippen LogP contribution < -0.4 is 10.2 Å². The number of anilines is 1. The predicted octanol–water partition coefficient (Wildman–Crippen LogP) is 2.03. The average Bonchev–Trinajstić information content (AvgIpc) is 2.31. The minimum atomic E-state index is 0.548. The highest BCUT2D eigenvalue weighted by Gasteiger charge is 2.26. The van der Waals surface area contributed by atoms with E-state index in [9.17, 15) is 0 Å². The summed E-state index contributed by atoms with van der Waals surface area (Å²) in [6.07, 6.45) is 0. The molecule has 3 heteroatoms. The predicted molar refractivity (Wildman–Crippen MR) is 83.1 cm³/mol. The van der Waals surface area contributed by atoms with Gasteiger partial charge in [0.1, 0.15) is 0 Å². The van der Waals surface area contributed by atoms with Crippen LogP contribution in [0.25, 0.3) is 0 Å². The lowest BCUT2D eigenvalue weighted by Gasteiger charge is -2.42. The van der Waals surface area contributed by atoms with Crippen LogP contribution in [0.5, 0.6) is 0 Å². The molecule has 1 saturated heterocycles. The van der Waals surface area contributed by atoms with Crippen molar-refractivity contribution in [2.24, 2.45) is 0 Å². The quantitative estimate of drug-likeness (QED) is 0.898. The van der Waals surface area contributed by atoms with Gasteiger partial charge in [-0.1, -0.05) is 17.7 Å². The van der Waals surface area contributed by atoms with Crippen molar-refractivity contribution >= 4 is 5.69 Å². The molecule has 0 saturated carbocycles. The molecule has 0 spiro atoms. The molecular formula is C16H27N3. The molecule has 1 heterocycles. The number of piperazine rings is 1. The summed E-state index contributed by atoms with van der Waals surface area (Å²) in [6, 6.07) is 7.88. The Bertz CT molecular complexity index is 428. The van der Waals surface area contributed by atoms with E-state index in [1.807, 2.05) is 0 Å². The smallest absolute Gasteiger partial charge is 0.0399 e. The first kappa shape index (κ1) is 14.4. The van der Waals surface area contributed by atoms with Crippen LogP contribution in [0, 0.1) is 13.8 Å². The number of hydrogen-bond donors (Lipinski definition) is 1. The summed E-state index contributed by atoms with van der Waals surface area (Å²) in [5.41, 5.74) is 4.12. The van der Waals surface area contributed by atoms with Crippen LogP contribution in [0.4, 0.5) is 5.69 Å². The molecule has 2 rings (SSSR count). The van der Waals surface area contributed by atoms with Crippen LogP contribution in [-0.2, 0) is 0 Å². The number of benzene rings is 1. The van der Waals surface area contributed by atoms with E-state index in [0.717, 1.165) is 19.6 Å². The lowest BCUT2D eigenvalue weighted by molar-refractivity contribution is 0.306. The fourth-order valence-corrected chi connectivity index (χ4v) is 2.96. The first-order valence-electron chi connectivity index (χ1n) is 7.19. The Labute approximate surface area is 117 Å². The van der Waals surface area contributed by atoms with Crippen LogP contribution in [0.2, 0.25) is 0 Å². The molecule has 0 radical (unpaired) electrons. The largest absolute Gasteiger partial charge is 0.366 e. The molecule has 1 aromatic carbocycles. The van der Waals surface area contributed by atoms with E-state index in [-0.39, 0.29) is 0 Å². The van der Waals surface area contributed by atoms with Crippen molar-refractivity contribution < 1.29 is 0 Å². The molecule has 0 aliphatic carbocycles. The Hall–Kier alpha value is -1.06. The lowest BCUT2D eigenvalue weighted by Crippen LogP contribution is -2.58. The second kappa shape index (κ2) is 5.93. The van der Waals surface area contributed by atoms with Gasteiger partial charge in [0.25, 0.3) is 0 Å². The van der Waals surface area contributed by atoms with Gasteiger partial charge in [0, 0.05) is 37.4 Å².